The minimum Gasteiger partial charge on any atom is -0.478 e. The van der Waals surface area contributed by atoms with Gasteiger partial charge in [-0.15, -0.1) is 0 Å². The number of carboxylic acid groups (broad SMARTS) is 2. The smallest absolute Gasteiger partial charge is 0.328 e. The fourth-order valence-corrected chi connectivity index (χ4v) is 3.93. The zero-order valence-electron chi connectivity index (χ0n) is 18.5. The summed E-state index contributed by atoms with van der Waals surface area (Å²) in [6.45, 7) is 3.23. The molecular formula is C25H26ClN3O5. The van der Waals surface area contributed by atoms with Gasteiger partial charge in [-0.2, -0.15) is 0 Å². The minimum absolute atomic E-state index is 0.00811. The number of urea groups is 1. The molecule has 2 aromatic carbocycles. The zero-order valence-corrected chi connectivity index (χ0v) is 19.2. The highest BCUT2D eigenvalue weighted by Gasteiger charge is 2.36. The Hall–Kier alpha value is -3.62. The van der Waals surface area contributed by atoms with E-state index in [0.29, 0.717) is 23.7 Å². The molecule has 1 atom stereocenters. The van der Waals surface area contributed by atoms with E-state index in [1.807, 2.05) is 40.1 Å². The number of amides is 2. The summed E-state index contributed by atoms with van der Waals surface area (Å²) >= 11 is 5.97. The van der Waals surface area contributed by atoms with Crippen molar-refractivity contribution < 1.29 is 24.6 Å². The van der Waals surface area contributed by atoms with Crippen molar-refractivity contribution in [2.45, 2.75) is 19.1 Å². The number of nitrogens with zero attached hydrogens (tertiary/aromatic N) is 3. The van der Waals surface area contributed by atoms with Crippen LogP contribution in [0, 0.1) is 0 Å². The van der Waals surface area contributed by atoms with Crippen LogP contribution >= 0.6 is 11.6 Å². The van der Waals surface area contributed by atoms with Gasteiger partial charge in [-0.25, -0.2) is 14.4 Å². The molecule has 34 heavy (non-hydrogen) atoms. The van der Waals surface area contributed by atoms with E-state index in [-0.39, 0.29) is 12.2 Å². The van der Waals surface area contributed by atoms with Crippen LogP contribution in [0.25, 0.3) is 0 Å². The topological polar surface area (TPSA) is 101 Å². The van der Waals surface area contributed by atoms with Crippen molar-refractivity contribution in [3.05, 3.63) is 89.5 Å². The monoisotopic (exact) mass is 483 g/mol. The number of rotatable bonds is 6. The number of carboxylic acids is 2. The Morgan fingerprint density at radius 2 is 1.59 bits per heavy atom. The lowest BCUT2D eigenvalue weighted by Gasteiger charge is -2.37. The number of hydrogen-bond donors (Lipinski definition) is 2. The Kier molecular flexibility index (Phi) is 8.84. The van der Waals surface area contributed by atoms with Crippen LogP contribution in [-0.4, -0.2) is 63.8 Å². The van der Waals surface area contributed by atoms with E-state index in [2.05, 4.69) is 41.3 Å². The van der Waals surface area contributed by atoms with E-state index in [9.17, 15) is 14.4 Å². The summed E-state index contributed by atoms with van der Waals surface area (Å²) in [5.74, 6) is -2.51. The van der Waals surface area contributed by atoms with Crippen molar-refractivity contribution in [3.63, 3.8) is 0 Å². The first-order valence-electron chi connectivity index (χ1n) is 10.8. The van der Waals surface area contributed by atoms with Gasteiger partial charge >= 0.3 is 18.0 Å². The molecule has 1 saturated heterocycles. The average molecular weight is 484 g/mol. The lowest BCUT2D eigenvalue weighted by molar-refractivity contribution is -0.134. The third-order valence-electron chi connectivity index (χ3n) is 5.36. The maximum absolute atomic E-state index is 13.0. The van der Waals surface area contributed by atoms with Crippen molar-refractivity contribution in [2.75, 3.05) is 24.5 Å². The molecule has 0 spiro atoms. The van der Waals surface area contributed by atoms with Crippen LogP contribution < -0.4 is 4.90 Å². The highest BCUT2D eigenvalue weighted by molar-refractivity contribution is 6.30. The number of aliphatic carboxylic acids is 2. The number of halogens is 1. The van der Waals surface area contributed by atoms with Crippen LogP contribution in [0.5, 0.6) is 0 Å². The highest BCUT2D eigenvalue weighted by atomic mass is 35.5. The van der Waals surface area contributed by atoms with Crippen LogP contribution in [0.1, 0.15) is 12.0 Å². The Bertz CT molecular complexity index is 1040. The summed E-state index contributed by atoms with van der Waals surface area (Å²) < 4.78 is 0. The molecule has 1 unspecified atom stereocenters. The fraction of sp³-hybridized carbons (Fsp3) is 0.240. The minimum atomic E-state index is -1.26. The Balaban J connectivity index is 0.000000350. The number of hydrogen-bond acceptors (Lipinski definition) is 4. The molecule has 2 amide bonds. The Labute approximate surface area is 203 Å². The first-order chi connectivity index (χ1) is 16.3. The summed E-state index contributed by atoms with van der Waals surface area (Å²) in [5.41, 5.74) is 2.17. The van der Waals surface area contributed by atoms with Crippen LogP contribution in [0.2, 0.25) is 5.02 Å². The summed E-state index contributed by atoms with van der Waals surface area (Å²) in [6.07, 6.45) is 6.49. The van der Waals surface area contributed by atoms with Gasteiger partial charge in [-0.1, -0.05) is 54.1 Å². The van der Waals surface area contributed by atoms with Crippen molar-refractivity contribution in [2.24, 2.45) is 0 Å². The molecule has 2 aliphatic rings. The van der Waals surface area contributed by atoms with E-state index in [0.717, 1.165) is 31.7 Å². The van der Waals surface area contributed by atoms with Gasteiger partial charge in [0.2, 0.25) is 0 Å². The van der Waals surface area contributed by atoms with Gasteiger partial charge in [0, 0.05) is 49.0 Å². The number of anilines is 1. The number of carbonyl (C=O) groups is 3. The largest absolute Gasteiger partial charge is 0.478 e. The molecule has 2 aromatic rings. The third kappa shape index (κ3) is 6.94. The summed E-state index contributed by atoms with van der Waals surface area (Å²) in [7, 11) is 0. The maximum atomic E-state index is 13.0. The van der Waals surface area contributed by atoms with Crippen molar-refractivity contribution in [3.8, 4) is 0 Å². The molecule has 9 heteroatoms. The van der Waals surface area contributed by atoms with Crippen molar-refractivity contribution >= 4 is 35.3 Å². The van der Waals surface area contributed by atoms with Crippen LogP contribution in [0.3, 0.4) is 0 Å². The molecule has 0 bridgehead atoms. The SMILES string of the molecule is O=C(O)C=CC(=O)O.O=C1N(c2ccc(Cl)cc2)CCN1C1C=CCCN1Cc1ccccc1. The van der Waals surface area contributed by atoms with Crippen LogP contribution in [0.15, 0.2) is 78.9 Å². The fourth-order valence-electron chi connectivity index (χ4n) is 3.81. The van der Waals surface area contributed by atoms with E-state index < -0.39 is 11.9 Å². The molecule has 2 N–H and O–H groups in total. The van der Waals surface area contributed by atoms with Gasteiger partial charge in [-0.05, 0) is 36.2 Å². The number of benzene rings is 2. The van der Waals surface area contributed by atoms with Gasteiger partial charge in [0.05, 0.1) is 0 Å². The molecule has 4 rings (SSSR count). The van der Waals surface area contributed by atoms with Gasteiger partial charge in [-0.3, -0.25) is 9.80 Å². The normalized spacial score (nSPS) is 18.1. The van der Waals surface area contributed by atoms with E-state index >= 15 is 0 Å². The molecule has 178 valence electrons. The Morgan fingerprint density at radius 1 is 0.941 bits per heavy atom. The van der Waals surface area contributed by atoms with Gasteiger partial charge < -0.3 is 15.1 Å². The van der Waals surface area contributed by atoms with Gasteiger partial charge in [0.25, 0.3) is 0 Å². The molecule has 0 radical (unpaired) electrons. The first-order valence-corrected chi connectivity index (χ1v) is 11.1. The zero-order chi connectivity index (χ0) is 24.5. The van der Waals surface area contributed by atoms with Crippen molar-refractivity contribution in [1.82, 2.24) is 9.80 Å². The van der Waals surface area contributed by atoms with E-state index in [1.165, 1.54) is 5.56 Å². The molecule has 2 heterocycles. The number of carbonyl (C=O) groups excluding carboxylic acids is 1. The van der Waals surface area contributed by atoms with Crippen molar-refractivity contribution in [1.29, 1.82) is 0 Å². The third-order valence-corrected chi connectivity index (χ3v) is 5.61. The lowest BCUT2D eigenvalue weighted by Crippen LogP contribution is -2.50. The quantitative estimate of drug-likeness (QED) is 0.474. The predicted molar refractivity (Wildman–Crippen MR) is 130 cm³/mol. The van der Waals surface area contributed by atoms with Crippen LogP contribution in [-0.2, 0) is 16.1 Å². The van der Waals surface area contributed by atoms with Gasteiger partial charge in [0.1, 0.15) is 6.17 Å². The molecule has 0 saturated carbocycles. The van der Waals surface area contributed by atoms with Crippen LogP contribution in [0.4, 0.5) is 10.5 Å². The highest BCUT2D eigenvalue weighted by Crippen LogP contribution is 2.26. The van der Waals surface area contributed by atoms with E-state index in [1.54, 1.807) is 0 Å². The second-order valence-corrected chi connectivity index (χ2v) is 8.14. The lowest BCUT2D eigenvalue weighted by atomic mass is 10.1. The molecular weight excluding hydrogens is 458 g/mol. The summed E-state index contributed by atoms with van der Waals surface area (Å²) in [4.78, 5) is 38.3. The summed E-state index contributed by atoms with van der Waals surface area (Å²) in [6, 6.07) is 18.0. The summed E-state index contributed by atoms with van der Waals surface area (Å²) in [5, 5.41) is 16.3. The van der Waals surface area contributed by atoms with E-state index in [4.69, 9.17) is 21.8 Å². The average Bonchev–Trinajstić information content (AvgIpc) is 3.21. The standard InChI is InChI=1S/C21H22ClN3O.C4H4O4/c22-18-9-11-19(12-10-18)24-14-15-25(21(24)26)20-8-4-5-13-23(20)16-17-6-2-1-3-7-17;5-3(6)1-2-4(7)8/h1-4,6-12,20H,5,13-16H2;1-2H,(H,5,6)(H,7,8). The molecule has 2 aliphatic heterocycles. The molecule has 8 nitrogen and oxygen atoms in total. The second kappa shape index (κ2) is 12.0. The Morgan fingerprint density at radius 3 is 2.21 bits per heavy atom. The molecule has 1 fully saturated rings. The molecule has 0 aromatic heterocycles. The second-order valence-electron chi connectivity index (χ2n) is 7.70. The van der Waals surface area contributed by atoms with Gasteiger partial charge in [0.15, 0.2) is 0 Å². The molecule has 0 aliphatic carbocycles. The first kappa shape index (κ1) is 25.0. The predicted octanol–water partition coefficient (Wildman–Crippen LogP) is 4.08. The maximum Gasteiger partial charge on any atom is 0.328 e.